The molecular weight excluding hydrogens is 364 g/mol. The third-order valence-electron chi connectivity index (χ3n) is 5.17. The summed E-state index contributed by atoms with van der Waals surface area (Å²) in [6.45, 7) is 2.34. The quantitative estimate of drug-likeness (QED) is 0.789. The summed E-state index contributed by atoms with van der Waals surface area (Å²) in [6, 6.07) is 7.17. The van der Waals surface area contributed by atoms with Gasteiger partial charge in [-0.3, -0.25) is 9.59 Å². The fraction of sp³-hybridized carbons (Fsp3) is 0.450. The van der Waals surface area contributed by atoms with Crippen LogP contribution < -0.4 is 14.8 Å². The van der Waals surface area contributed by atoms with Crippen LogP contribution in [0.25, 0.3) is 0 Å². The summed E-state index contributed by atoms with van der Waals surface area (Å²) in [5.41, 5.74) is 0.0763. The summed E-state index contributed by atoms with van der Waals surface area (Å²) in [5.74, 6) is 1.34. The van der Waals surface area contributed by atoms with Gasteiger partial charge in [0.05, 0.1) is 5.41 Å². The molecule has 8 nitrogen and oxygen atoms in total. The van der Waals surface area contributed by atoms with Gasteiger partial charge in [0.1, 0.15) is 19.0 Å². The zero-order valence-electron chi connectivity index (χ0n) is 15.7. The minimum atomic E-state index is -0.763. The van der Waals surface area contributed by atoms with Gasteiger partial charge in [-0.1, -0.05) is 24.1 Å². The Morgan fingerprint density at radius 2 is 1.89 bits per heavy atom. The number of carbonyl (C=O) groups excluding carboxylic acids is 2. The summed E-state index contributed by atoms with van der Waals surface area (Å²) >= 11 is 0. The highest BCUT2D eigenvalue weighted by Gasteiger charge is 2.45. The molecule has 1 fully saturated rings. The second-order valence-electron chi connectivity index (χ2n) is 7.09. The highest BCUT2D eigenvalue weighted by molar-refractivity contribution is 5.93. The molecule has 0 bridgehead atoms. The van der Waals surface area contributed by atoms with Crippen molar-refractivity contribution in [2.75, 3.05) is 25.1 Å². The maximum absolute atomic E-state index is 13.0. The summed E-state index contributed by atoms with van der Waals surface area (Å²) in [7, 11) is 0. The van der Waals surface area contributed by atoms with E-state index in [2.05, 4.69) is 10.5 Å². The predicted molar refractivity (Wildman–Crippen MR) is 98.4 cm³/mol. The van der Waals surface area contributed by atoms with Gasteiger partial charge in [0.15, 0.2) is 23.9 Å². The number of nitrogens with one attached hydrogen (secondary N) is 1. The monoisotopic (exact) mass is 386 g/mol. The van der Waals surface area contributed by atoms with Crippen molar-refractivity contribution in [3.63, 3.8) is 0 Å². The molecule has 0 unspecified atom stereocenters. The van der Waals surface area contributed by atoms with Crippen molar-refractivity contribution in [2.24, 2.45) is 0 Å². The Balaban J connectivity index is 1.46. The third-order valence-corrected chi connectivity index (χ3v) is 5.17. The first kappa shape index (κ1) is 18.3. The van der Waals surface area contributed by atoms with Crippen LogP contribution in [0.4, 0.5) is 5.82 Å². The molecule has 2 aromatic rings. The van der Waals surface area contributed by atoms with Crippen LogP contribution >= 0.6 is 0 Å². The molecule has 1 aliphatic carbocycles. The van der Waals surface area contributed by atoms with Crippen LogP contribution in [-0.2, 0) is 19.7 Å². The first-order valence-electron chi connectivity index (χ1n) is 9.37. The van der Waals surface area contributed by atoms with Gasteiger partial charge in [-0.15, -0.1) is 0 Å². The maximum Gasteiger partial charge on any atom is 0.317 e. The van der Waals surface area contributed by atoms with E-state index in [1.165, 1.54) is 0 Å². The van der Waals surface area contributed by atoms with Crippen LogP contribution in [0.15, 0.2) is 28.8 Å². The molecule has 0 atom stereocenters. The van der Waals surface area contributed by atoms with Crippen LogP contribution in [0.2, 0.25) is 0 Å². The molecule has 8 heteroatoms. The summed E-state index contributed by atoms with van der Waals surface area (Å²) in [6.07, 6.45) is 3.20. The molecule has 4 rings (SSSR count). The fourth-order valence-corrected chi connectivity index (χ4v) is 3.80. The first-order chi connectivity index (χ1) is 13.6. The lowest BCUT2D eigenvalue weighted by Gasteiger charge is -2.28. The number of fused-ring (bicyclic) bond motifs is 1. The molecule has 1 aromatic carbocycles. The number of aromatic nitrogens is 1. The number of hydrogen-bond acceptors (Lipinski definition) is 7. The standard InChI is InChI=1S/C20H22N2O6/c1-13-10-17(22-28-13)21-18(23)12-27-19(24)20(6-2-3-7-20)14-4-5-15-16(11-14)26-9-8-25-15/h4-5,10-11H,2-3,6-9,12H2,1H3,(H,21,22,23). The molecule has 0 saturated heterocycles. The Hall–Kier alpha value is -3.03. The van der Waals surface area contributed by atoms with Crippen molar-refractivity contribution in [2.45, 2.75) is 38.0 Å². The smallest absolute Gasteiger partial charge is 0.317 e. The van der Waals surface area contributed by atoms with Crippen LogP contribution in [0.1, 0.15) is 37.0 Å². The summed E-state index contributed by atoms with van der Waals surface area (Å²) < 4.78 is 21.5. The zero-order chi connectivity index (χ0) is 19.6. The maximum atomic E-state index is 13.0. The second kappa shape index (κ2) is 7.53. The van der Waals surface area contributed by atoms with Gasteiger partial charge in [0.2, 0.25) is 0 Å². The molecule has 1 amide bonds. The predicted octanol–water partition coefficient (Wildman–Crippen LogP) is 2.75. The Labute approximate surface area is 162 Å². The number of ether oxygens (including phenoxy) is 3. The Kier molecular flexibility index (Phi) is 4.93. The second-order valence-corrected chi connectivity index (χ2v) is 7.09. The zero-order valence-corrected chi connectivity index (χ0v) is 15.7. The summed E-state index contributed by atoms with van der Waals surface area (Å²) in [4.78, 5) is 25.1. The number of carbonyl (C=O) groups is 2. The number of amides is 1. The van der Waals surface area contributed by atoms with Gasteiger partial charge in [0.25, 0.3) is 5.91 Å². The SMILES string of the molecule is Cc1cc(NC(=O)COC(=O)C2(c3ccc4c(c3)OCCO4)CCCC2)no1. The van der Waals surface area contributed by atoms with Gasteiger partial charge in [-0.05, 0) is 37.5 Å². The van der Waals surface area contributed by atoms with Gasteiger partial charge in [-0.25, -0.2) is 0 Å². The van der Waals surface area contributed by atoms with Crippen molar-refractivity contribution >= 4 is 17.7 Å². The van der Waals surface area contributed by atoms with Crippen LogP contribution in [0.5, 0.6) is 11.5 Å². The molecule has 1 aromatic heterocycles. The van der Waals surface area contributed by atoms with Crippen molar-refractivity contribution in [3.05, 3.63) is 35.6 Å². The topological polar surface area (TPSA) is 99.9 Å². The van der Waals surface area contributed by atoms with E-state index in [-0.39, 0.29) is 6.61 Å². The number of nitrogens with zero attached hydrogens (tertiary/aromatic N) is 1. The number of hydrogen-bond donors (Lipinski definition) is 1. The molecule has 148 valence electrons. The lowest BCUT2D eigenvalue weighted by Crippen LogP contribution is -2.36. The molecule has 2 heterocycles. The van der Waals surface area contributed by atoms with E-state index >= 15 is 0 Å². The normalized spacial score (nSPS) is 17.2. The Morgan fingerprint density at radius 1 is 1.14 bits per heavy atom. The van der Waals surface area contributed by atoms with Crippen LogP contribution in [0.3, 0.4) is 0 Å². The van der Waals surface area contributed by atoms with E-state index in [0.29, 0.717) is 49.1 Å². The molecule has 1 aliphatic heterocycles. The molecule has 2 aliphatic rings. The van der Waals surface area contributed by atoms with E-state index in [9.17, 15) is 9.59 Å². The molecule has 0 spiro atoms. The lowest BCUT2D eigenvalue weighted by atomic mass is 9.78. The van der Waals surface area contributed by atoms with E-state index in [0.717, 1.165) is 18.4 Å². The van der Waals surface area contributed by atoms with Gasteiger partial charge in [0, 0.05) is 6.07 Å². The largest absolute Gasteiger partial charge is 0.486 e. The molecule has 28 heavy (non-hydrogen) atoms. The van der Waals surface area contributed by atoms with Crippen LogP contribution in [-0.4, -0.2) is 36.9 Å². The Bertz CT molecular complexity index is 885. The Morgan fingerprint density at radius 3 is 2.61 bits per heavy atom. The number of aryl methyl sites for hydroxylation is 1. The summed E-state index contributed by atoms with van der Waals surface area (Å²) in [5, 5.41) is 6.23. The first-order valence-corrected chi connectivity index (χ1v) is 9.37. The number of benzene rings is 1. The van der Waals surface area contributed by atoms with Gasteiger partial charge in [-0.2, -0.15) is 0 Å². The van der Waals surface area contributed by atoms with Crippen molar-refractivity contribution in [1.82, 2.24) is 5.16 Å². The van der Waals surface area contributed by atoms with E-state index in [4.69, 9.17) is 18.7 Å². The molecular formula is C20H22N2O6. The van der Waals surface area contributed by atoms with Crippen LogP contribution in [0, 0.1) is 6.92 Å². The lowest BCUT2D eigenvalue weighted by molar-refractivity contribution is -0.153. The van der Waals surface area contributed by atoms with Crippen molar-refractivity contribution in [1.29, 1.82) is 0 Å². The highest BCUT2D eigenvalue weighted by atomic mass is 16.6. The molecule has 0 radical (unpaired) electrons. The molecule has 1 N–H and O–H groups in total. The average Bonchev–Trinajstić information content (AvgIpc) is 3.36. The van der Waals surface area contributed by atoms with Gasteiger partial charge >= 0.3 is 5.97 Å². The average molecular weight is 386 g/mol. The minimum Gasteiger partial charge on any atom is -0.486 e. The number of rotatable bonds is 5. The highest BCUT2D eigenvalue weighted by Crippen LogP contribution is 2.45. The fourth-order valence-electron chi connectivity index (χ4n) is 3.80. The third kappa shape index (κ3) is 3.54. The van der Waals surface area contributed by atoms with Crippen molar-refractivity contribution < 1.29 is 28.3 Å². The van der Waals surface area contributed by atoms with Gasteiger partial charge < -0.3 is 24.1 Å². The van der Waals surface area contributed by atoms with E-state index in [1.807, 2.05) is 18.2 Å². The van der Waals surface area contributed by atoms with E-state index < -0.39 is 17.3 Å². The number of esters is 1. The minimum absolute atomic E-state index is 0.293. The molecule has 1 saturated carbocycles. The van der Waals surface area contributed by atoms with Crippen molar-refractivity contribution in [3.8, 4) is 11.5 Å². The van der Waals surface area contributed by atoms with E-state index in [1.54, 1.807) is 13.0 Å². The number of anilines is 1.